The SMILES string of the molecule is COC(=O)COc1cccc2c1CCCCC2NS(=O)(=O)c1cc(S(C)(=O)=O)cc(S(C)(=O)=O)c1. The third kappa shape index (κ3) is 6.60. The Bertz CT molecular complexity index is 1400. The summed E-state index contributed by atoms with van der Waals surface area (Å²) in [7, 11) is -10.9. The van der Waals surface area contributed by atoms with Crippen LogP contribution in [0.4, 0.5) is 0 Å². The summed E-state index contributed by atoms with van der Waals surface area (Å²) in [6, 6.07) is 7.28. The zero-order chi connectivity index (χ0) is 26.0. The number of nitrogens with one attached hydrogen (secondary N) is 1. The lowest BCUT2D eigenvalue weighted by Crippen LogP contribution is -2.29. The highest BCUT2D eigenvalue weighted by Gasteiger charge is 2.28. The molecule has 2 aromatic rings. The van der Waals surface area contributed by atoms with E-state index in [2.05, 4.69) is 9.46 Å². The predicted octanol–water partition coefficient (Wildman–Crippen LogP) is 1.79. The normalized spacial score (nSPS) is 16.7. The van der Waals surface area contributed by atoms with Gasteiger partial charge in [-0.05, 0) is 54.7 Å². The Morgan fingerprint density at radius 2 is 1.54 bits per heavy atom. The van der Waals surface area contributed by atoms with Gasteiger partial charge in [-0.2, -0.15) is 0 Å². The number of hydrogen-bond donors (Lipinski definition) is 1. The number of rotatable bonds is 8. The Labute approximate surface area is 205 Å². The summed E-state index contributed by atoms with van der Waals surface area (Å²) in [6.07, 6.45) is 4.25. The monoisotopic (exact) mass is 545 g/mol. The maximum Gasteiger partial charge on any atom is 0.343 e. The number of fused-ring (bicyclic) bond motifs is 1. The van der Waals surface area contributed by atoms with Gasteiger partial charge in [-0.1, -0.05) is 18.6 Å². The first-order valence-electron chi connectivity index (χ1n) is 10.6. The molecule has 2 aromatic carbocycles. The van der Waals surface area contributed by atoms with E-state index < -0.39 is 56.4 Å². The maximum absolute atomic E-state index is 13.3. The molecule has 1 aliphatic carbocycles. The zero-order valence-electron chi connectivity index (χ0n) is 19.5. The molecule has 1 unspecified atom stereocenters. The highest BCUT2D eigenvalue weighted by atomic mass is 32.2. The van der Waals surface area contributed by atoms with Gasteiger partial charge >= 0.3 is 5.97 Å². The lowest BCUT2D eigenvalue weighted by atomic mass is 9.99. The Kier molecular flexibility index (Phi) is 7.94. The summed E-state index contributed by atoms with van der Waals surface area (Å²) in [5.41, 5.74) is 1.42. The van der Waals surface area contributed by atoms with E-state index in [1.165, 1.54) is 7.11 Å². The molecule has 0 heterocycles. The average molecular weight is 546 g/mol. The third-order valence-electron chi connectivity index (χ3n) is 5.61. The van der Waals surface area contributed by atoms with Crippen LogP contribution in [0.1, 0.15) is 36.4 Å². The van der Waals surface area contributed by atoms with Gasteiger partial charge < -0.3 is 9.47 Å². The second kappa shape index (κ2) is 10.2. The molecule has 0 amide bonds. The lowest BCUT2D eigenvalue weighted by Gasteiger charge is -2.21. The lowest BCUT2D eigenvalue weighted by molar-refractivity contribution is -0.142. The Morgan fingerprint density at radius 3 is 2.11 bits per heavy atom. The Balaban J connectivity index is 2.03. The smallest absolute Gasteiger partial charge is 0.343 e. The second-order valence-corrected chi connectivity index (χ2v) is 14.0. The van der Waals surface area contributed by atoms with Crippen LogP contribution in [0, 0.1) is 0 Å². The van der Waals surface area contributed by atoms with Crippen molar-refractivity contribution in [3.8, 4) is 5.75 Å². The van der Waals surface area contributed by atoms with Crippen LogP contribution < -0.4 is 9.46 Å². The van der Waals surface area contributed by atoms with Gasteiger partial charge in [0.2, 0.25) is 10.0 Å². The van der Waals surface area contributed by atoms with Crippen LogP contribution in [-0.2, 0) is 45.7 Å². The van der Waals surface area contributed by atoms with Crippen molar-refractivity contribution >= 4 is 35.7 Å². The molecule has 1 aliphatic rings. The molecule has 192 valence electrons. The minimum Gasteiger partial charge on any atom is -0.482 e. The fourth-order valence-electron chi connectivity index (χ4n) is 3.82. The van der Waals surface area contributed by atoms with Gasteiger partial charge in [0.1, 0.15) is 5.75 Å². The minimum atomic E-state index is -4.32. The van der Waals surface area contributed by atoms with Gasteiger partial charge in [-0.3, -0.25) is 0 Å². The Morgan fingerprint density at radius 1 is 0.943 bits per heavy atom. The van der Waals surface area contributed by atoms with E-state index in [4.69, 9.17) is 4.74 Å². The predicted molar refractivity (Wildman–Crippen MR) is 127 cm³/mol. The van der Waals surface area contributed by atoms with E-state index in [9.17, 15) is 30.0 Å². The van der Waals surface area contributed by atoms with Crippen molar-refractivity contribution in [3.05, 3.63) is 47.5 Å². The summed E-state index contributed by atoms with van der Waals surface area (Å²) >= 11 is 0. The largest absolute Gasteiger partial charge is 0.482 e. The molecule has 0 aromatic heterocycles. The van der Waals surface area contributed by atoms with Crippen LogP contribution in [0.3, 0.4) is 0 Å². The molecule has 0 saturated carbocycles. The maximum atomic E-state index is 13.3. The van der Waals surface area contributed by atoms with Crippen molar-refractivity contribution in [2.45, 2.75) is 46.4 Å². The molecule has 0 saturated heterocycles. The summed E-state index contributed by atoms with van der Waals surface area (Å²) in [6.45, 7) is -0.296. The fourth-order valence-corrected chi connectivity index (χ4v) is 6.73. The van der Waals surface area contributed by atoms with Crippen molar-refractivity contribution in [2.24, 2.45) is 0 Å². The van der Waals surface area contributed by atoms with Crippen LogP contribution in [0.5, 0.6) is 5.75 Å². The molecule has 13 heteroatoms. The first-order valence-corrected chi connectivity index (χ1v) is 15.9. The van der Waals surface area contributed by atoms with Crippen molar-refractivity contribution in [3.63, 3.8) is 0 Å². The van der Waals surface area contributed by atoms with Crippen molar-refractivity contribution < 1.29 is 39.5 Å². The first-order chi connectivity index (χ1) is 16.2. The van der Waals surface area contributed by atoms with Crippen LogP contribution in [0.25, 0.3) is 0 Å². The van der Waals surface area contributed by atoms with E-state index in [0.29, 0.717) is 30.6 Å². The number of sulfonamides is 1. The number of methoxy groups -OCH3 is 1. The number of esters is 1. The van der Waals surface area contributed by atoms with E-state index in [-0.39, 0.29) is 6.61 Å². The number of sulfone groups is 2. The van der Waals surface area contributed by atoms with Gasteiger partial charge in [0.25, 0.3) is 0 Å². The average Bonchev–Trinajstić information content (AvgIpc) is 2.98. The van der Waals surface area contributed by atoms with Crippen molar-refractivity contribution in [2.75, 3.05) is 26.2 Å². The molecule has 0 fully saturated rings. The van der Waals surface area contributed by atoms with Gasteiger partial charge in [-0.15, -0.1) is 0 Å². The topological polar surface area (TPSA) is 150 Å². The van der Waals surface area contributed by atoms with Crippen LogP contribution in [0.15, 0.2) is 51.1 Å². The van der Waals surface area contributed by atoms with Crippen molar-refractivity contribution in [1.29, 1.82) is 0 Å². The first kappa shape index (κ1) is 27.1. The number of hydrogen-bond acceptors (Lipinski definition) is 9. The highest BCUT2D eigenvalue weighted by molar-refractivity contribution is 7.92. The summed E-state index contributed by atoms with van der Waals surface area (Å²) in [4.78, 5) is 10.2. The molecule has 0 bridgehead atoms. The van der Waals surface area contributed by atoms with Crippen LogP contribution in [0.2, 0.25) is 0 Å². The van der Waals surface area contributed by atoms with Crippen LogP contribution in [-0.4, -0.2) is 57.5 Å². The molecule has 0 radical (unpaired) electrons. The molecular weight excluding hydrogens is 518 g/mol. The number of carbonyl (C=O) groups is 1. The van der Waals surface area contributed by atoms with Gasteiger partial charge in [0, 0.05) is 18.6 Å². The molecule has 35 heavy (non-hydrogen) atoms. The van der Waals surface area contributed by atoms with Gasteiger partial charge in [0.05, 0.1) is 21.8 Å². The summed E-state index contributed by atoms with van der Waals surface area (Å²) < 4.78 is 87.9. The zero-order valence-corrected chi connectivity index (χ0v) is 21.9. The fraction of sp³-hybridized carbons (Fsp3) is 0.409. The summed E-state index contributed by atoms with van der Waals surface area (Å²) in [5, 5.41) is 0. The Hall–Kier alpha value is -2.48. The number of ether oxygens (including phenoxy) is 2. The molecule has 3 rings (SSSR count). The summed E-state index contributed by atoms with van der Waals surface area (Å²) in [5.74, 6) is -0.113. The molecule has 10 nitrogen and oxygen atoms in total. The van der Waals surface area contributed by atoms with E-state index in [0.717, 1.165) is 42.7 Å². The molecular formula is C22H27NO9S3. The van der Waals surface area contributed by atoms with Gasteiger partial charge in [0.15, 0.2) is 26.3 Å². The molecule has 0 spiro atoms. The number of carbonyl (C=O) groups excluding carboxylic acids is 1. The molecule has 0 aliphatic heterocycles. The van der Waals surface area contributed by atoms with E-state index >= 15 is 0 Å². The van der Waals surface area contributed by atoms with E-state index in [1.807, 2.05) is 0 Å². The molecule has 1 atom stereocenters. The number of benzene rings is 2. The molecule has 1 N–H and O–H groups in total. The standard InChI is InChI=1S/C22H27NO9S3/c1-31-22(24)14-32-21-10-6-8-18-19(21)7-4-5-9-20(18)23-35(29,30)17-12-15(33(2,25)26)11-16(13-17)34(3,27)28/h6,8,10-13,20,23H,4-5,7,9,14H2,1-3H3. The van der Waals surface area contributed by atoms with Crippen molar-refractivity contribution in [1.82, 2.24) is 4.72 Å². The highest BCUT2D eigenvalue weighted by Crippen LogP contribution is 2.35. The third-order valence-corrected chi connectivity index (χ3v) is 9.24. The van der Waals surface area contributed by atoms with Gasteiger partial charge in [-0.25, -0.2) is 34.8 Å². The second-order valence-electron chi connectivity index (χ2n) is 8.29. The van der Waals surface area contributed by atoms with Crippen LogP contribution >= 0.6 is 0 Å². The van der Waals surface area contributed by atoms with E-state index in [1.54, 1.807) is 18.2 Å². The quantitative estimate of drug-likeness (QED) is 0.387. The minimum absolute atomic E-state index is 0.296.